The van der Waals surface area contributed by atoms with E-state index in [1.807, 2.05) is 15.4 Å². The Morgan fingerprint density at radius 1 is 1.12 bits per heavy atom. The average Bonchev–Trinajstić information content (AvgIpc) is 3.16. The van der Waals surface area contributed by atoms with E-state index in [1.165, 1.54) is 5.56 Å². The molecule has 5 heteroatoms. The van der Waals surface area contributed by atoms with Crippen molar-refractivity contribution in [1.29, 1.82) is 0 Å². The van der Waals surface area contributed by atoms with Gasteiger partial charge in [0.25, 0.3) is 0 Å². The Kier molecular flexibility index (Phi) is 2.54. The molecule has 17 heavy (non-hydrogen) atoms. The SMILES string of the molecule is Cc1ccc(NP(=O)(N2CC2)N2CC2)c(C)c1. The third kappa shape index (κ3) is 2.13. The molecule has 0 atom stereocenters. The van der Waals surface area contributed by atoms with E-state index in [1.54, 1.807) is 0 Å². The summed E-state index contributed by atoms with van der Waals surface area (Å²) in [7, 11) is -2.49. The molecule has 92 valence electrons. The summed E-state index contributed by atoms with van der Waals surface area (Å²) >= 11 is 0. The summed E-state index contributed by atoms with van der Waals surface area (Å²) in [5.41, 5.74) is 3.40. The maximum absolute atomic E-state index is 12.9. The maximum atomic E-state index is 12.9. The Bertz CT molecular complexity index is 479. The lowest BCUT2D eigenvalue weighted by Crippen LogP contribution is -2.13. The minimum absolute atomic E-state index is 0.950. The summed E-state index contributed by atoms with van der Waals surface area (Å²) in [6.07, 6.45) is 0. The topological polar surface area (TPSA) is 35.1 Å². The second-order valence-electron chi connectivity index (χ2n) is 4.88. The molecule has 1 aromatic carbocycles. The molecule has 0 amide bonds. The van der Waals surface area contributed by atoms with E-state index in [2.05, 4.69) is 31.1 Å². The van der Waals surface area contributed by atoms with E-state index < -0.39 is 7.59 Å². The quantitative estimate of drug-likeness (QED) is 0.658. The highest BCUT2D eigenvalue weighted by Crippen LogP contribution is 2.59. The number of hydrogen-bond donors (Lipinski definition) is 1. The zero-order valence-corrected chi connectivity index (χ0v) is 11.2. The zero-order valence-electron chi connectivity index (χ0n) is 10.3. The predicted octanol–water partition coefficient (Wildman–Crippen LogP) is 2.45. The number of rotatable bonds is 4. The third-order valence-electron chi connectivity index (χ3n) is 3.26. The Labute approximate surface area is 102 Å². The second kappa shape index (κ2) is 3.84. The molecule has 0 aliphatic carbocycles. The van der Waals surface area contributed by atoms with Gasteiger partial charge in [-0.3, -0.25) is 4.57 Å². The summed E-state index contributed by atoms with van der Waals surface area (Å²) in [5, 5.41) is 3.28. The molecule has 1 N–H and O–H groups in total. The number of benzene rings is 1. The summed E-state index contributed by atoms with van der Waals surface area (Å²) in [6, 6.07) is 6.21. The molecule has 2 aliphatic heterocycles. The van der Waals surface area contributed by atoms with Gasteiger partial charge >= 0.3 is 7.59 Å². The van der Waals surface area contributed by atoms with E-state index >= 15 is 0 Å². The fourth-order valence-corrected chi connectivity index (χ4v) is 4.52. The van der Waals surface area contributed by atoms with E-state index in [0.29, 0.717) is 0 Å². The summed E-state index contributed by atoms with van der Waals surface area (Å²) < 4.78 is 17.0. The molecule has 4 nitrogen and oxygen atoms in total. The summed E-state index contributed by atoms with van der Waals surface area (Å²) in [4.78, 5) is 0. The highest BCUT2D eigenvalue weighted by atomic mass is 31.2. The van der Waals surface area contributed by atoms with Crippen LogP contribution in [-0.2, 0) is 4.57 Å². The zero-order chi connectivity index (χ0) is 12.0. The Morgan fingerprint density at radius 2 is 1.71 bits per heavy atom. The first-order valence-electron chi connectivity index (χ1n) is 6.06. The van der Waals surface area contributed by atoms with Crippen molar-refractivity contribution in [3.05, 3.63) is 29.3 Å². The fourth-order valence-electron chi connectivity index (χ4n) is 2.05. The lowest BCUT2D eigenvalue weighted by molar-refractivity contribution is 0.524. The van der Waals surface area contributed by atoms with Crippen molar-refractivity contribution in [2.24, 2.45) is 0 Å². The van der Waals surface area contributed by atoms with Crippen LogP contribution in [0, 0.1) is 13.8 Å². The monoisotopic (exact) mass is 251 g/mol. The number of anilines is 1. The standard InChI is InChI=1S/C12H18N3OP/c1-10-3-4-12(11(2)9-10)13-17(16,14-5-6-14)15-7-8-15/h3-4,9H,5-8H2,1-2H3,(H,13,16). The van der Waals surface area contributed by atoms with Gasteiger partial charge in [0.1, 0.15) is 0 Å². The van der Waals surface area contributed by atoms with Crippen molar-refractivity contribution in [3.8, 4) is 0 Å². The predicted molar refractivity (Wildman–Crippen MR) is 70.3 cm³/mol. The van der Waals surface area contributed by atoms with Gasteiger partial charge in [-0.1, -0.05) is 17.7 Å². The van der Waals surface area contributed by atoms with Crippen molar-refractivity contribution in [2.75, 3.05) is 31.3 Å². The van der Waals surface area contributed by atoms with Gasteiger partial charge < -0.3 is 5.09 Å². The Morgan fingerprint density at radius 3 is 2.18 bits per heavy atom. The van der Waals surface area contributed by atoms with Gasteiger partial charge in [-0.05, 0) is 25.5 Å². The minimum Gasteiger partial charge on any atom is -0.312 e. The Balaban J connectivity index is 1.87. The smallest absolute Gasteiger partial charge is 0.308 e. The highest BCUT2D eigenvalue weighted by molar-refractivity contribution is 7.61. The molecule has 0 unspecified atom stereocenters. The van der Waals surface area contributed by atoms with E-state index in [0.717, 1.165) is 37.4 Å². The van der Waals surface area contributed by atoms with Crippen LogP contribution in [0.25, 0.3) is 0 Å². The van der Waals surface area contributed by atoms with Crippen LogP contribution in [0.1, 0.15) is 11.1 Å². The number of nitrogens with zero attached hydrogens (tertiary/aromatic N) is 2. The summed E-state index contributed by atoms with van der Waals surface area (Å²) in [5.74, 6) is 0. The van der Waals surface area contributed by atoms with Crippen LogP contribution in [-0.4, -0.2) is 35.5 Å². The van der Waals surface area contributed by atoms with Crippen molar-refractivity contribution < 1.29 is 4.57 Å². The van der Waals surface area contributed by atoms with Gasteiger partial charge in [0.05, 0.1) is 0 Å². The molecule has 0 spiro atoms. The number of hydrogen-bond acceptors (Lipinski definition) is 1. The molecule has 2 heterocycles. The molecule has 2 aliphatic rings. The van der Waals surface area contributed by atoms with E-state index in [-0.39, 0.29) is 0 Å². The molecule has 0 saturated carbocycles. The van der Waals surface area contributed by atoms with Crippen LogP contribution in [0.4, 0.5) is 5.69 Å². The minimum atomic E-state index is -2.49. The molecular formula is C12H18N3OP. The van der Waals surface area contributed by atoms with Crippen LogP contribution >= 0.6 is 7.59 Å². The number of nitrogens with one attached hydrogen (secondary N) is 1. The first-order chi connectivity index (χ1) is 8.09. The first-order valence-corrected chi connectivity index (χ1v) is 7.67. The van der Waals surface area contributed by atoms with Crippen LogP contribution < -0.4 is 5.09 Å². The first kappa shape index (κ1) is 11.3. The van der Waals surface area contributed by atoms with Crippen molar-refractivity contribution in [2.45, 2.75) is 13.8 Å². The van der Waals surface area contributed by atoms with Gasteiger partial charge in [-0.25, -0.2) is 9.34 Å². The van der Waals surface area contributed by atoms with Crippen molar-refractivity contribution in [1.82, 2.24) is 9.34 Å². The van der Waals surface area contributed by atoms with Gasteiger partial charge in [0.2, 0.25) is 0 Å². The molecular weight excluding hydrogens is 233 g/mol. The molecule has 0 radical (unpaired) electrons. The highest BCUT2D eigenvalue weighted by Gasteiger charge is 2.48. The summed E-state index contributed by atoms with van der Waals surface area (Å²) in [6.45, 7) is 7.93. The Hall–Kier alpha value is -0.830. The van der Waals surface area contributed by atoms with Crippen LogP contribution in [0.2, 0.25) is 0 Å². The molecule has 2 saturated heterocycles. The average molecular weight is 251 g/mol. The van der Waals surface area contributed by atoms with E-state index in [4.69, 9.17) is 0 Å². The largest absolute Gasteiger partial charge is 0.312 e. The molecule has 0 aromatic heterocycles. The molecule has 3 rings (SSSR count). The molecule has 0 bridgehead atoms. The van der Waals surface area contributed by atoms with E-state index in [9.17, 15) is 4.57 Å². The molecule has 1 aromatic rings. The normalized spacial score (nSPS) is 20.4. The van der Waals surface area contributed by atoms with Gasteiger partial charge in [-0.2, -0.15) is 0 Å². The van der Waals surface area contributed by atoms with Crippen LogP contribution in [0.5, 0.6) is 0 Å². The van der Waals surface area contributed by atoms with Gasteiger partial charge in [-0.15, -0.1) is 0 Å². The van der Waals surface area contributed by atoms with Crippen LogP contribution in [0.3, 0.4) is 0 Å². The lowest BCUT2D eigenvalue weighted by atomic mass is 10.1. The molecule has 2 fully saturated rings. The van der Waals surface area contributed by atoms with Gasteiger partial charge in [0.15, 0.2) is 0 Å². The van der Waals surface area contributed by atoms with Crippen LogP contribution in [0.15, 0.2) is 18.2 Å². The van der Waals surface area contributed by atoms with Crippen molar-refractivity contribution in [3.63, 3.8) is 0 Å². The second-order valence-corrected chi connectivity index (χ2v) is 7.32. The lowest BCUT2D eigenvalue weighted by Gasteiger charge is -2.23. The van der Waals surface area contributed by atoms with Gasteiger partial charge in [0, 0.05) is 31.9 Å². The number of aryl methyl sites for hydroxylation is 2. The van der Waals surface area contributed by atoms with Crippen molar-refractivity contribution >= 4 is 13.3 Å². The third-order valence-corrected chi connectivity index (χ3v) is 6.13. The fraction of sp³-hybridized carbons (Fsp3) is 0.500. The maximum Gasteiger partial charge on any atom is 0.308 e.